The summed E-state index contributed by atoms with van der Waals surface area (Å²) in [5.41, 5.74) is 1.05. The summed E-state index contributed by atoms with van der Waals surface area (Å²) in [4.78, 5) is 24.4. The van der Waals surface area contributed by atoms with Gasteiger partial charge in [-0.2, -0.15) is 0 Å². The number of nitrogens with one attached hydrogen (secondary N) is 1. The molecule has 1 heterocycles. The maximum absolute atomic E-state index is 10.6. The standard InChI is InChI=1S/C11H11N3O3/c1-8-6-10(14(16)17)7-13-11(8)4-3-5-12-9(2)15/h6-7H,5H2,1-2H3,(H,12,15). The number of pyridine rings is 1. The van der Waals surface area contributed by atoms with Crippen molar-refractivity contribution in [3.8, 4) is 11.8 Å². The number of nitro groups is 1. The van der Waals surface area contributed by atoms with E-state index in [1.54, 1.807) is 6.92 Å². The Balaban J connectivity index is 2.79. The molecule has 0 aliphatic rings. The lowest BCUT2D eigenvalue weighted by Crippen LogP contribution is -2.19. The summed E-state index contributed by atoms with van der Waals surface area (Å²) >= 11 is 0. The smallest absolute Gasteiger partial charge is 0.287 e. The summed E-state index contributed by atoms with van der Waals surface area (Å²) in [6.07, 6.45) is 1.16. The molecule has 0 atom stereocenters. The van der Waals surface area contributed by atoms with E-state index in [9.17, 15) is 14.9 Å². The molecule has 6 nitrogen and oxygen atoms in total. The van der Waals surface area contributed by atoms with E-state index in [0.717, 1.165) is 6.20 Å². The molecule has 1 rings (SSSR count). The van der Waals surface area contributed by atoms with Crippen molar-refractivity contribution in [1.29, 1.82) is 0 Å². The average Bonchev–Trinajstić information content (AvgIpc) is 2.25. The Morgan fingerprint density at radius 3 is 2.88 bits per heavy atom. The van der Waals surface area contributed by atoms with Gasteiger partial charge in [-0.1, -0.05) is 5.92 Å². The topological polar surface area (TPSA) is 85.1 Å². The number of hydrogen-bond acceptors (Lipinski definition) is 4. The number of nitrogens with zero attached hydrogens (tertiary/aromatic N) is 2. The second-order valence-corrected chi connectivity index (χ2v) is 3.33. The third kappa shape index (κ3) is 3.91. The number of hydrogen-bond donors (Lipinski definition) is 1. The van der Waals surface area contributed by atoms with Crippen molar-refractivity contribution in [3.05, 3.63) is 33.6 Å². The Labute approximate surface area is 98.2 Å². The molecule has 17 heavy (non-hydrogen) atoms. The molecule has 1 aromatic heterocycles. The largest absolute Gasteiger partial charge is 0.345 e. The fourth-order valence-corrected chi connectivity index (χ4v) is 1.09. The number of amides is 1. The minimum Gasteiger partial charge on any atom is -0.345 e. The molecule has 0 aliphatic heterocycles. The quantitative estimate of drug-likeness (QED) is 0.465. The van der Waals surface area contributed by atoms with Crippen LogP contribution in [-0.4, -0.2) is 22.4 Å². The summed E-state index contributed by atoms with van der Waals surface area (Å²) in [5.74, 6) is 5.28. The van der Waals surface area contributed by atoms with Crippen LogP contribution in [-0.2, 0) is 4.79 Å². The Kier molecular flexibility index (Phi) is 4.17. The second-order valence-electron chi connectivity index (χ2n) is 3.33. The van der Waals surface area contributed by atoms with Gasteiger partial charge in [0.1, 0.15) is 11.9 Å². The number of rotatable bonds is 2. The van der Waals surface area contributed by atoms with E-state index >= 15 is 0 Å². The maximum Gasteiger partial charge on any atom is 0.287 e. The highest BCUT2D eigenvalue weighted by Gasteiger charge is 2.07. The zero-order valence-electron chi connectivity index (χ0n) is 9.48. The van der Waals surface area contributed by atoms with Crippen LogP contribution in [0.5, 0.6) is 0 Å². The second kappa shape index (κ2) is 5.61. The molecule has 1 aromatic rings. The first-order chi connectivity index (χ1) is 8.00. The Hall–Kier alpha value is -2.42. The Bertz CT molecular complexity index is 514. The number of aryl methyl sites for hydroxylation is 1. The highest BCUT2D eigenvalue weighted by Crippen LogP contribution is 2.13. The minimum absolute atomic E-state index is 0.0603. The van der Waals surface area contributed by atoms with Crippen molar-refractivity contribution in [1.82, 2.24) is 10.3 Å². The first-order valence-electron chi connectivity index (χ1n) is 4.85. The van der Waals surface area contributed by atoms with Gasteiger partial charge in [0, 0.05) is 13.0 Å². The molecular formula is C11H11N3O3. The van der Waals surface area contributed by atoms with Crippen molar-refractivity contribution >= 4 is 11.6 Å². The van der Waals surface area contributed by atoms with Gasteiger partial charge < -0.3 is 5.32 Å². The first kappa shape index (κ1) is 12.6. The molecule has 6 heteroatoms. The number of carbonyl (C=O) groups excluding carboxylic acids is 1. The molecule has 0 radical (unpaired) electrons. The van der Waals surface area contributed by atoms with Gasteiger partial charge in [-0.05, 0) is 18.4 Å². The average molecular weight is 233 g/mol. The molecule has 0 aromatic carbocycles. The van der Waals surface area contributed by atoms with Crippen LogP contribution in [0.2, 0.25) is 0 Å². The number of aromatic nitrogens is 1. The molecule has 88 valence electrons. The van der Waals surface area contributed by atoms with Crippen LogP contribution >= 0.6 is 0 Å². The van der Waals surface area contributed by atoms with Crippen molar-refractivity contribution < 1.29 is 9.72 Å². The van der Waals surface area contributed by atoms with Crippen LogP contribution in [0, 0.1) is 28.9 Å². The van der Waals surface area contributed by atoms with Gasteiger partial charge in [0.2, 0.25) is 5.91 Å². The van der Waals surface area contributed by atoms with E-state index in [0.29, 0.717) is 11.3 Å². The Morgan fingerprint density at radius 2 is 2.35 bits per heavy atom. The van der Waals surface area contributed by atoms with Crippen molar-refractivity contribution in [3.63, 3.8) is 0 Å². The van der Waals surface area contributed by atoms with E-state index in [1.807, 2.05) is 0 Å². The lowest BCUT2D eigenvalue weighted by atomic mass is 10.2. The zero-order chi connectivity index (χ0) is 12.8. The van der Waals surface area contributed by atoms with Gasteiger partial charge >= 0.3 is 0 Å². The fraction of sp³-hybridized carbons (Fsp3) is 0.273. The predicted molar refractivity (Wildman–Crippen MR) is 61.2 cm³/mol. The molecule has 1 N–H and O–H groups in total. The van der Waals surface area contributed by atoms with Gasteiger partial charge in [0.15, 0.2) is 0 Å². The third-order valence-electron chi connectivity index (χ3n) is 1.91. The van der Waals surface area contributed by atoms with Crippen LogP contribution in [0.1, 0.15) is 18.2 Å². The maximum atomic E-state index is 10.6. The first-order valence-corrected chi connectivity index (χ1v) is 4.85. The van der Waals surface area contributed by atoms with E-state index in [4.69, 9.17) is 0 Å². The summed E-state index contributed by atoms with van der Waals surface area (Å²) in [6, 6.07) is 1.41. The van der Waals surface area contributed by atoms with E-state index in [2.05, 4.69) is 22.1 Å². The zero-order valence-corrected chi connectivity index (χ0v) is 9.48. The van der Waals surface area contributed by atoms with Gasteiger partial charge in [0.05, 0.1) is 11.5 Å². The van der Waals surface area contributed by atoms with Gasteiger partial charge in [0.25, 0.3) is 5.69 Å². The normalized spacial score (nSPS) is 9.06. The molecule has 0 unspecified atom stereocenters. The molecule has 0 spiro atoms. The van der Waals surface area contributed by atoms with E-state index in [1.165, 1.54) is 13.0 Å². The minimum atomic E-state index is -0.505. The van der Waals surface area contributed by atoms with Gasteiger partial charge in [-0.25, -0.2) is 4.98 Å². The van der Waals surface area contributed by atoms with Crippen molar-refractivity contribution in [2.45, 2.75) is 13.8 Å². The SMILES string of the molecule is CC(=O)NCC#Cc1ncc([N+](=O)[O-])cc1C. The Morgan fingerprint density at radius 1 is 1.65 bits per heavy atom. The van der Waals surface area contributed by atoms with Crippen LogP contribution in [0.4, 0.5) is 5.69 Å². The molecule has 0 bridgehead atoms. The summed E-state index contributed by atoms with van der Waals surface area (Å²) in [6.45, 7) is 3.33. The summed E-state index contributed by atoms with van der Waals surface area (Å²) < 4.78 is 0. The van der Waals surface area contributed by atoms with Crippen molar-refractivity contribution in [2.75, 3.05) is 6.54 Å². The predicted octanol–water partition coefficient (Wildman–Crippen LogP) is 0.786. The molecule has 0 saturated heterocycles. The summed E-state index contributed by atoms with van der Waals surface area (Å²) in [5, 5.41) is 13.0. The number of carbonyl (C=O) groups is 1. The van der Waals surface area contributed by atoms with Crippen molar-refractivity contribution in [2.24, 2.45) is 0 Å². The third-order valence-corrected chi connectivity index (χ3v) is 1.91. The highest BCUT2D eigenvalue weighted by molar-refractivity contribution is 5.73. The van der Waals surface area contributed by atoms with Crippen LogP contribution in [0.3, 0.4) is 0 Å². The highest BCUT2D eigenvalue weighted by atomic mass is 16.6. The molecule has 1 amide bonds. The van der Waals surface area contributed by atoms with Gasteiger partial charge in [-0.3, -0.25) is 14.9 Å². The monoisotopic (exact) mass is 233 g/mol. The summed E-state index contributed by atoms with van der Waals surface area (Å²) in [7, 11) is 0. The fourth-order valence-electron chi connectivity index (χ4n) is 1.09. The lowest BCUT2D eigenvalue weighted by Gasteiger charge is -1.96. The van der Waals surface area contributed by atoms with E-state index in [-0.39, 0.29) is 18.1 Å². The molecule has 0 saturated carbocycles. The van der Waals surface area contributed by atoms with E-state index < -0.39 is 4.92 Å². The van der Waals surface area contributed by atoms with Crippen LogP contribution in [0.25, 0.3) is 0 Å². The molecule has 0 fully saturated rings. The van der Waals surface area contributed by atoms with Gasteiger partial charge in [-0.15, -0.1) is 0 Å². The molecular weight excluding hydrogens is 222 g/mol. The molecule has 0 aliphatic carbocycles. The van der Waals surface area contributed by atoms with Crippen LogP contribution in [0.15, 0.2) is 12.3 Å². The lowest BCUT2D eigenvalue weighted by molar-refractivity contribution is -0.385. The van der Waals surface area contributed by atoms with Crippen LogP contribution < -0.4 is 5.32 Å².